The van der Waals surface area contributed by atoms with Crippen LogP contribution >= 0.6 is 0 Å². The Balaban J connectivity index is 1.91. The Kier molecular flexibility index (Phi) is 5.50. The number of carbonyl (C=O) groups excluding carboxylic acids is 1. The Hall–Kier alpha value is -1.69. The molecule has 3 unspecified atom stereocenters. The van der Waals surface area contributed by atoms with Gasteiger partial charge in [0.15, 0.2) is 5.82 Å². The molecule has 1 aliphatic rings. The maximum absolute atomic E-state index is 12.2. The number of hydrogen-bond donors (Lipinski definition) is 2. The number of carbonyl (C=O) groups is 1. The van der Waals surface area contributed by atoms with E-state index >= 15 is 0 Å². The standard InChI is InChI=1S/C15H25N5O/c1-3-11(2)14(16)15(21)18-12-6-5-9-20(10-12)13-7-4-8-17-19-13/h4,7-8,11-12,14H,3,5-6,9-10,16H2,1-2H3,(H,18,21). The lowest BCUT2D eigenvalue weighted by atomic mass is 9.98. The van der Waals surface area contributed by atoms with E-state index < -0.39 is 6.04 Å². The van der Waals surface area contributed by atoms with Crippen LogP contribution in [0.2, 0.25) is 0 Å². The van der Waals surface area contributed by atoms with Crippen molar-refractivity contribution < 1.29 is 4.79 Å². The van der Waals surface area contributed by atoms with E-state index in [4.69, 9.17) is 5.73 Å². The number of nitrogens with zero attached hydrogens (tertiary/aromatic N) is 3. The van der Waals surface area contributed by atoms with Gasteiger partial charge in [-0.25, -0.2) is 0 Å². The van der Waals surface area contributed by atoms with Gasteiger partial charge in [-0.05, 0) is 30.9 Å². The number of anilines is 1. The van der Waals surface area contributed by atoms with Gasteiger partial charge >= 0.3 is 0 Å². The normalized spacial score (nSPS) is 21.7. The molecule has 0 bridgehead atoms. The Labute approximate surface area is 126 Å². The first-order chi connectivity index (χ1) is 10.1. The van der Waals surface area contributed by atoms with Crippen molar-refractivity contribution in [3.63, 3.8) is 0 Å². The Morgan fingerprint density at radius 1 is 1.62 bits per heavy atom. The van der Waals surface area contributed by atoms with Crippen LogP contribution in [-0.2, 0) is 4.79 Å². The second-order valence-corrected chi connectivity index (χ2v) is 5.79. The minimum atomic E-state index is -0.429. The molecule has 1 aromatic heterocycles. The highest BCUT2D eigenvalue weighted by atomic mass is 16.2. The maximum Gasteiger partial charge on any atom is 0.237 e. The van der Waals surface area contributed by atoms with E-state index in [2.05, 4.69) is 20.4 Å². The summed E-state index contributed by atoms with van der Waals surface area (Å²) in [6, 6.07) is 3.52. The predicted octanol–water partition coefficient (Wildman–Crippen LogP) is 0.935. The van der Waals surface area contributed by atoms with Crippen LogP contribution in [0.15, 0.2) is 18.3 Å². The summed E-state index contributed by atoms with van der Waals surface area (Å²) in [5.41, 5.74) is 5.99. The van der Waals surface area contributed by atoms with Crippen molar-refractivity contribution in [2.75, 3.05) is 18.0 Å². The molecule has 6 nitrogen and oxygen atoms in total. The van der Waals surface area contributed by atoms with Crippen molar-refractivity contribution in [3.8, 4) is 0 Å². The van der Waals surface area contributed by atoms with Gasteiger partial charge in [-0.3, -0.25) is 4.79 Å². The smallest absolute Gasteiger partial charge is 0.237 e. The maximum atomic E-state index is 12.2. The third-order valence-electron chi connectivity index (χ3n) is 4.21. The van der Waals surface area contributed by atoms with Gasteiger partial charge in [-0.2, -0.15) is 5.10 Å². The van der Waals surface area contributed by atoms with Gasteiger partial charge in [0, 0.05) is 25.3 Å². The minimum Gasteiger partial charge on any atom is -0.353 e. The summed E-state index contributed by atoms with van der Waals surface area (Å²) in [7, 11) is 0. The van der Waals surface area contributed by atoms with Crippen molar-refractivity contribution in [1.82, 2.24) is 15.5 Å². The molecule has 2 rings (SSSR count). The molecule has 1 amide bonds. The van der Waals surface area contributed by atoms with E-state index in [0.717, 1.165) is 38.2 Å². The number of piperidine rings is 1. The van der Waals surface area contributed by atoms with Crippen molar-refractivity contribution in [2.24, 2.45) is 11.7 Å². The quantitative estimate of drug-likeness (QED) is 0.843. The second-order valence-electron chi connectivity index (χ2n) is 5.79. The molecule has 1 fully saturated rings. The number of nitrogens with one attached hydrogen (secondary N) is 1. The lowest BCUT2D eigenvalue weighted by molar-refractivity contribution is -0.124. The Morgan fingerprint density at radius 2 is 2.43 bits per heavy atom. The largest absolute Gasteiger partial charge is 0.353 e. The highest BCUT2D eigenvalue weighted by Crippen LogP contribution is 2.17. The summed E-state index contributed by atoms with van der Waals surface area (Å²) in [4.78, 5) is 14.3. The summed E-state index contributed by atoms with van der Waals surface area (Å²) in [6.07, 6.45) is 4.58. The van der Waals surface area contributed by atoms with Gasteiger partial charge in [-0.1, -0.05) is 20.3 Å². The predicted molar refractivity (Wildman–Crippen MR) is 82.8 cm³/mol. The fraction of sp³-hybridized carbons (Fsp3) is 0.667. The SMILES string of the molecule is CCC(C)C(N)C(=O)NC1CCCN(c2cccnn2)C1. The number of hydrogen-bond acceptors (Lipinski definition) is 5. The highest BCUT2D eigenvalue weighted by molar-refractivity contribution is 5.82. The average molecular weight is 291 g/mol. The van der Waals surface area contributed by atoms with Crippen LogP contribution in [0.3, 0.4) is 0 Å². The first-order valence-corrected chi connectivity index (χ1v) is 7.70. The van der Waals surface area contributed by atoms with Crippen molar-refractivity contribution in [2.45, 2.75) is 45.2 Å². The first kappa shape index (κ1) is 15.7. The van der Waals surface area contributed by atoms with E-state index in [1.807, 2.05) is 26.0 Å². The summed E-state index contributed by atoms with van der Waals surface area (Å²) in [5, 5.41) is 11.1. The Morgan fingerprint density at radius 3 is 3.10 bits per heavy atom. The highest BCUT2D eigenvalue weighted by Gasteiger charge is 2.26. The van der Waals surface area contributed by atoms with Crippen LogP contribution < -0.4 is 16.0 Å². The van der Waals surface area contributed by atoms with Gasteiger partial charge in [0.25, 0.3) is 0 Å². The molecule has 21 heavy (non-hydrogen) atoms. The number of nitrogens with two attached hydrogens (primary N) is 1. The van der Waals surface area contributed by atoms with Gasteiger partial charge in [0.2, 0.25) is 5.91 Å². The minimum absolute atomic E-state index is 0.0460. The summed E-state index contributed by atoms with van der Waals surface area (Å²) in [6.45, 7) is 5.77. The summed E-state index contributed by atoms with van der Waals surface area (Å²) < 4.78 is 0. The van der Waals surface area contributed by atoms with Crippen LogP contribution in [-0.4, -0.2) is 41.3 Å². The zero-order valence-corrected chi connectivity index (χ0v) is 12.8. The van der Waals surface area contributed by atoms with Gasteiger partial charge in [-0.15, -0.1) is 5.10 Å². The third kappa shape index (κ3) is 4.14. The van der Waals surface area contributed by atoms with Crippen LogP contribution in [0.25, 0.3) is 0 Å². The van der Waals surface area contributed by atoms with Gasteiger partial charge in [0.05, 0.1) is 6.04 Å². The molecule has 116 valence electrons. The molecule has 1 saturated heterocycles. The molecule has 2 heterocycles. The molecule has 0 aromatic carbocycles. The van der Waals surface area contributed by atoms with Gasteiger partial charge in [0.1, 0.15) is 0 Å². The molecular formula is C15H25N5O. The lowest BCUT2D eigenvalue weighted by Crippen LogP contribution is -2.53. The molecule has 1 aromatic rings. The fourth-order valence-electron chi connectivity index (χ4n) is 2.57. The summed E-state index contributed by atoms with van der Waals surface area (Å²) in [5.74, 6) is 1.02. The van der Waals surface area contributed by atoms with E-state index in [-0.39, 0.29) is 17.9 Å². The van der Waals surface area contributed by atoms with E-state index in [1.165, 1.54) is 0 Å². The molecule has 0 saturated carbocycles. The van der Waals surface area contributed by atoms with Crippen LogP contribution in [0.5, 0.6) is 0 Å². The van der Waals surface area contributed by atoms with Crippen LogP contribution in [0, 0.1) is 5.92 Å². The van der Waals surface area contributed by atoms with E-state index in [0.29, 0.717) is 0 Å². The number of amides is 1. The molecule has 3 atom stereocenters. The van der Waals surface area contributed by atoms with Crippen LogP contribution in [0.1, 0.15) is 33.1 Å². The monoisotopic (exact) mass is 291 g/mol. The van der Waals surface area contributed by atoms with Gasteiger partial charge < -0.3 is 16.0 Å². The third-order valence-corrected chi connectivity index (χ3v) is 4.21. The second kappa shape index (κ2) is 7.36. The summed E-state index contributed by atoms with van der Waals surface area (Å²) >= 11 is 0. The molecule has 1 aliphatic heterocycles. The average Bonchev–Trinajstić information content (AvgIpc) is 2.54. The first-order valence-electron chi connectivity index (χ1n) is 7.70. The van der Waals surface area contributed by atoms with E-state index in [1.54, 1.807) is 6.20 Å². The topological polar surface area (TPSA) is 84.1 Å². The molecular weight excluding hydrogens is 266 g/mol. The molecule has 0 radical (unpaired) electrons. The molecule has 6 heteroatoms. The Bertz CT molecular complexity index is 453. The number of aromatic nitrogens is 2. The zero-order valence-electron chi connectivity index (χ0n) is 12.8. The fourth-order valence-corrected chi connectivity index (χ4v) is 2.57. The van der Waals surface area contributed by atoms with E-state index in [9.17, 15) is 4.79 Å². The number of rotatable bonds is 5. The molecule has 0 spiro atoms. The zero-order chi connectivity index (χ0) is 15.2. The molecule has 3 N–H and O–H groups in total. The van der Waals surface area contributed by atoms with Crippen molar-refractivity contribution in [3.05, 3.63) is 18.3 Å². The lowest BCUT2D eigenvalue weighted by Gasteiger charge is -2.34. The van der Waals surface area contributed by atoms with Crippen molar-refractivity contribution in [1.29, 1.82) is 0 Å². The molecule has 0 aliphatic carbocycles. The van der Waals surface area contributed by atoms with Crippen LogP contribution in [0.4, 0.5) is 5.82 Å². The van der Waals surface area contributed by atoms with Crippen molar-refractivity contribution >= 4 is 11.7 Å².